The fourth-order valence-electron chi connectivity index (χ4n) is 2.75. The molecule has 3 rings (SSSR count). The maximum absolute atomic E-state index is 13.5. The van der Waals surface area contributed by atoms with Gasteiger partial charge in [0.25, 0.3) is 0 Å². The monoisotopic (exact) mass is 376 g/mol. The van der Waals surface area contributed by atoms with Crippen LogP contribution in [-0.4, -0.2) is 38.5 Å². The van der Waals surface area contributed by atoms with Crippen molar-refractivity contribution in [1.82, 2.24) is 9.62 Å². The van der Waals surface area contributed by atoms with Gasteiger partial charge in [0, 0.05) is 12.1 Å². The highest BCUT2D eigenvalue weighted by Crippen LogP contribution is 2.29. The van der Waals surface area contributed by atoms with Gasteiger partial charge in [-0.15, -0.1) is 0 Å². The van der Waals surface area contributed by atoms with Crippen LogP contribution in [0.2, 0.25) is 0 Å². The van der Waals surface area contributed by atoms with E-state index in [0.29, 0.717) is 0 Å². The molecular weight excluding hydrogens is 359 g/mol. The van der Waals surface area contributed by atoms with Crippen molar-refractivity contribution in [2.75, 3.05) is 13.1 Å². The van der Waals surface area contributed by atoms with Crippen LogP contribution < -0.4 is 4.72 Å². The lowest BCUT2D eigenvalue weighted by Crippen LogP contribution is -2.45. The van der Waals surface area contributed by atoms with Gasteiger partial charge in [0.15, 0.2) is 0 Å². The van der Waals surface area contributed by atoms with Crippen LogP contribution in [0.25, 0.3) is 0 Å². The zero-order valence-electron chi connectivity index (χ0n) is 11.6. The van der Waals surface area contributed by atoms with Crippen LogP contribution in [0, 0.1) is 5.82 Å². The van der Waals surface area contributed by atoms with E-state index in [9.17, 15) is 12.8 Å². The second-order valence-electron chi connectivity index (χ2n) is 5.74. The van der Waals surface area contributed by atoms with E-state index in [0.717, 1.165) is 38.0 Å². The van der Waals surface area contributed by atoms with Crippen LogP contribution in [0.1, 0.15) is 25.7 Å². The summed E-state index contributed by atoms with van der Waals surface area (Å²) in [6.07, 6.45) is 4.17. The van der Waals surface area contributed by atoms with Crippen molar-refractivity contribution < 1.29 is 12.8 Å². The van der Waals surface area contributed by atoms with Gasteiger partial charge < -0.3 is 4.90 Å². The summed E-state index contributed by atoms with van der Waals surface area (Å²) < 4.78 is 41.0. The van der Waals surface area contributed by atoms with Gasteiger partial charge in [-0.1, -0.05) is 0 Å². The summed E-state index contributed by atoms with van der Waals surface area (Å²) in [5.41, 5.74) is 0. The summed E-state index contributed by atoms with van der Waals surface area (Å²) in [6.45, 7) is 1.87. The first kappa shape index (κ1) is 15.4. The first-order valence-electron chi connectivity index (χ1n) is 7.17. The average molecular weight is 377 g/mol. The largest absolute Gasteiger partial charge is 0.300 e. The van der Waals surface area contributed by atoms with Crippen LogP contribution in [-0.2, 0) is 10.0 Å². The quantitative estimate of drug-likeness (QED) is 0.877. The molecule has 1 heterocycles. The number of rotatable bonds is 4. The molecule has 1 saturated heterocycles. The molecule has 1 aromatic carbocycles. The Kier molecular flexibility index (Phi) is 4.36. The van der Waals surface area contributed by atoms with Gasteiger partial charge in [-0.3, -0.25) is 0 Å². The van der Waals surface area contributed by atoms with E-state index in [-0.39, 0.29) is 15.4 Å². The highest BCUT2D eigenvalue weighted by molar-refractivity contribution is 9.10. The maximum atomic E-state index is 13.5. The third-order valence-electron chi connectivity index (χ3n) is 4.12. The lowest BCUT2D eigenvalue weighted by Gasteiger charge is -2.32. The molecule has 2 aliphatic rings. The number of piperidine rings is 1. The van der Waals surface area contributed by atoms with Crippen molar-refractivity contribution in [3.63, 3.8) is 0 Å². The molecule has 4 nitrogen and oxygen atoms in total. The Labute approximate surface area is 132 Å². The summed E-state index contributed by atoms with van der Waals surface area (Å²) in [5, 5.41) is 0. The van der Waals surface area contributed by atoms with E-state index in [4.69, 9.17) is 0 Å². The smallest absolute Gasteiger partial charge is 0.240 e. The van der Waals surface area contributed by atoms with E-state index >= 15 is 0 Å². The molecule has 0 bridgehead atoms. The fraction of sp³-hybridized carbons (Fsp3) is 0.571. The standard InChI is InChI=1S/C14H18BrFN2O2S/c15-13-4-3-12(9-14(13)16)21(19,20)17-10-5-7-18(8-6-10)11-1-2-11/h3-4,9-11,17H,1-2,5-8H2. The molecule has 1 saturated carbocycles. The normalized spacial score (nSPS) is 21.6. The SMILES string of the molecule is O=S(=O)(NC1CCN(C2CC2)CC1)c1ccc(Br)c(F)c1. The molecule has 0 atom stereocenters. The third kappa shape index (κ3) is 3.64. The molecule has 1 aromatic rings. The Morgan fingerprint density at radius 3 is 2.43 bits per heavy atom. The first-order valence-corrected chi connectivity index (χ1v) is 9.45. The number of likely N-dealkylation sites (tertiary alicyclic amines) is 1. The molecule has 116 valence electrons. The van der Waals surface area contributed by atoms with Gasteiger partial charge in [-0.25, -0.2) is 17.5 Å². The molecule has 0 aromatic heterocycles. The average Bonchev–Trinajstić information content (AvgIpc) is 3.27. The lowest BCUT2D eigenvalue weighted by molar-refractivity contribution is 0.199. The predicted octanol–water partition coefficient (Wildman–Crippen LogP) is 2.49. The summed E-state index contributed by atoms with van der Waals surface area (Å²) in [6, 6.07) is 4.54. The molecule has 7 heteroatoms. The third-order valence-corrected chi connectivity index (χ3v) is 6.28. The number of nitrogens with one attached hydrogen (secondary N) is 1. The van der Waals surface area contributed by atoms with Crippen LogP contribution in [0.15, 0.2) is 27.6 Å². The lowest BCUT2D eigenvalue weighted by atomic mass is 10.1. The van der Waals surface area contributed by atoms with Gasteiger partial charge in [-0.2, -0.15) is 0 Å². The second-order valence-corrected chi connectivity index (χ2v) is 8.31. The Hall–Kier alpha value is -0.500. The van der Waals surface area contributed by atoms with Gasteiger partial charge in [-0.05, 0) is 72.9 Å². The molecule has 21 heavy (non-hydrogen) atoms. The highest BCUT2D eigenvalue weighted by Gasteiger charge is 2.33. The molecule has 0 unspecified atom stereocenters. The molecule has 2 fully saturated rings. The highest BCUT2D eigenvalue weighted by atomic mass is 79.9. The number of benzene rings is 1. The molecular formula is C14H18BrFN2O2S. The Morgan fingerprint density at radius 1 is 1.19 bits per heavy atom. The van der Waals surface area contributed by atoms with E-state index in [1.54, 1.807) is 0 Å². The minimum atomic E-state index is -3.65. The Balaban J connectivity index is 1.64. The van der Waals surface area contributed by atoms with Crippen LogP contribution in [0.4, 0.5) is 4.39 Å². The number of halogens is 2. The minimum Gasteiger partial charge on any atom is -0.300 e. The summed E-state index contributed by atoms with van der Waals surface area (Å²) in [7, 11) is -3.65. The molecule has 0 spiro atoms. The Morgan fingerprint density at radius 2 is 1.86 bits per heavy atom. The van der Waals surface area contributed by atoms with Crippen molar-refractivity contribution in [3.8, 4) is 0 Å². The van der Waals surface area contributed by atoms with Crippen LogP contribution in [0.5, 0.6) is 0 Å². The summed E-state index contributed by atoms with van der Waals surface area (Å²) in [4.78, 5) is 2.41. The maximum Gasteiger partial charge on any atom is 0.240 e. The van der Waals surface area contributed by atoms with E-state index < -0.39 is 15.8 Å². The van der Waals surface area contributed by atoms with Gasteiger partial charge in [0.05, 0.1) is 9.37 Å². The molecule has 1 N–H and O–H groups in total. The van der Waals surface area contributed by atoms with Gasteiger partial charge in [0.1, 0.15) is 5.82 Å². The van der Waals surface area contributed by atoms with Crippen LogP contribution >= 0.6 is 15.9 Å². The molecule has 0 radical (unpaired) electrons. The van der Waals surface area contributed by atoms with E-state index in [1.165, 1.54) is 25.0 Å². The minimum absolute atomic E-state index is 0.0205. The summed E-state index contributed by atoms with van der Waals surface area (Å²) in [5.74, 6) is -0.568. The zero-order chi connectivity index (χ0) is 15.0. The number of hydrogen-bond acceptors (Lipinski definition) is 3. The van der Waals surface area contributed by atoms with E-state index in [2.05, 4.69) is 25.6 Å². The number of nitrogens with zero attached hydrogens (tertiary/aromatic N) is 1. The first-order chi connectivity index (χ1) is 9.95. The number of sulfonamides is 1. The van der Waals surface area contributed by atoms with Crippen molar-refractivity contribution in [1.29, 1.82) is 0 Å². The zero-order valence-corrected chi connectivity index (χ0v) is 14.0. The topological polar surface area (TPSA) is 49.4 Å². The summed E-state index contributed by atoms with van der Waals surface area (Å²) >= 11 is 3.02. The van der Waals surface area contributed by atoms with Crippen molar-refractivity contribution in [3.05, 3.63) is 28.5 Å². The van der Waals surface area contributed by atoms with Crippen LogP contribution in [0.3, 0.4) is 0 Å². The predicted molar refractivity (Wildman–Crippen MR) is 82.0 cm³/mol. The molecule has 1 aliphatic carbocycles. The second kappa shape index (κ2) is 5.95. The van der Waals surface area contributed by atoms with Crippen molar-refractivity contribution >= 4 is 26.0 Å². The van der Waals surface area contributed by atoms with Gasteiger partial charge >= 0.3 is 0 Å². The van der Waals surface area contributed by atoms with Gasteiger partial charge in [0.2, 0.25) is 10.0 Å². The van der Waals surface area contributed by atoms with Crippen molar-refractivity contribution in [2.24, 2.45) is 0 Å². The molecule has 1 aliphatic heterocycles. The fourth-order valence-corrected chi connectivity index (χ4v) is 4.32. The van der Waals surface area contributed by atoms with E-state index in [1.807, 2.05) is 0 Å². The van der Waals surface area contributed by atoms with Crippen molar-refractivity contribution in [2.45, 2.75) is 42.7 Å². The Bertz CT molecular complexity index is 626. The number of hydrogen-bond donors (Lipinski definition) is 1. The molecule has 0 amide bonds.